The van der Waals surface area contributed by atoms with Crippen molar-refractivity contribution in [3.63, 3.8) is 0 Å². The van der Waals surface area contributed by atoms with Crippen molar-refractivity contribution in [2.75, 3.05) is 45.2 Å². The van der Waals surface area contributed by atoms with Crippen molar-refractivity contribution in [3.05, 3.63) is 36.7 Å². The van der Waals surface area contributed by atoms with Crippen molar-refractivity contribution in [3.8, 4) is 17.0 Å². The largest absolute Gasteiger partial charge is 0.497 e. The molecular formula is C18H20N6O. The number of aromatic nitrogens is 4. The average Bonchev–Trinajstić information content (AvgIpc) is 2.68. The molecule has 7 heteroatoms. The molecular weight excluding hydrogens is 316 g/mol. The number of ether oxygens (including phenoxy) is 1. The van der Waals surface area contributed by atoms with Crippen LogP contribution in [0.25, 0.3) is 22.0 Å². The summed E-state index contributed by atoms with van der Waals surface area (Å²) in [7, 11) is 3.80. The molecule has 1 fully saturated rings. The fourth-order valence-corrected chi connectivity index (χ4v) is 3.11. The third-order valence-corrected chi connectivity index (χ3v) is 4.64. The Balaban J connectivity index is 1.78. The van der Waals surface area contributed by atoms with Gasteiger partial charge in [-0.25, -0.2) is 0 Å². The number of fused-ring (bicyclic) bond motifs is 1. The summed E-state index contributed by atoms with van der Waals surface area (Å²) in [5.74, 6) is 1.70. The number of nitrogens with zero attached hydrogens (tertiary/aromatic N) is 6. The predicted octanol–water partition coefficient (Wildman–Crippen LogP) is 1.85. The minimum Gasteiger partial charge on any atom is -0.497 e. The molecule has 0 N–H and O–H groups in total. The Morgan fingerprint density at radius 3 is 2.24 bits per heavy atom. The molecule has 128 valence electrons. The van der Waals surface area contributed by atoms with Crippen LogP contribution in [-0.2, 0) is 0 Å². The van der Waals surface area contributed by atoms with Gasteiger partial charge in [-0.15, -0.1) is 10.2 Å². The molecule has 0 amide bonds. The van der Waals surface area contributed by atoms with Gasteiger partial charge in [0, 0.05) is 37.1 Å². The van der Waals surface area contributed by atoms with Crippen LogP contribution in [0.1, 0.15) is 0 Å². The van der Waals surface area contributed by atoms with Crippen molar-refractivity contribution in [2.45, 2.75) is 0 Å². The quantitative estimate of drug-likeness (QED) is 0.723. The molecule has 0 atom stereocenters. The summed E-state index contributed by atoms with van der Waals surface area (Å²) in [6.45, 7) is 3.90. The van der Waals surface area contributed by atoms with E-state index in [1.165, 1.54) is 0 Å². The van der Waals surface area contributed by atoms with Gasteiger partial charge in [0.05, 0.1) is 24.9 Å². The molecule has 0 unspecified atom stereocenters. The van der Waals surface area contributed by atoms with Crippen LogP contribution in [0.15, 0.2) is 36.7 Å². The summed E-state index contributed by atoms with van der Waals surface area (Å²) in [5, 5.41) is 19.1. The first-order valence-electron chi connectivity index (χ1n) is 8.31. The zero-order valence-corrected chi connectivity index (χ0v) is 14.4. The second-order valence-corrected chi connectivity index (χ2v) is 6.21. The lowest BCUT2D eigenvalue weighted by molar-refractivity contribution is 0.312. The van der Waals surface area contributed by atoms with Gasteiger partial charge in [0.15, 0.2) is 5.82 Å². The van der Waals surface area contributed by atoms with E-state index >= 15 is 0 Å². The van der Waals surface area contributed by atoms with Crippen molar-refractivity contribution in [2.24, 2.45) is 0 Å². The summed E-state index contributed by atoms with van der Waals surface area (Å²) < 4.78 is 5.23. The normalized spacial score (nSPS) is 15.5. The molecule has 3 heterocycles. The first-order valence-corrected chi connectivity index (χ1v) is 8.31. The second kappa shape index (κ2) is 6.60. The van der Waals surface area contributed by atoms with Gasteiger partial charge in [0.1, 0.15) is 11.4 Å². The zero-order chi connectivity index (χ0) is 17.2. The van der Waals surface area contributed by atoms with Crippen LogP contribution in [0.3, 0.4) is 0 Å². The third kappa shape index (κ3) is 2.98. The summed E-state index contributed by atoms with van der Waals surface area (Å²) in [5.41, 5.74) is 1.79. The van der Waals surface area contributed by atoms with Gasteiger partial charge in [0.25, 0.3) is 0 Å². The molecule has 7 nitrogen and oxygen atoms in total. The van der Waals surface area contributed by atoms with Crippen LogP contribution in [-0.4, -0.2) is 65.6 Å². The monoisotopic (exact) mass is 336 g/mol. The molecule has 1 aliphatic heterocycles. The Kier molecular flexibility index (Phi) is 4.15. The number of hydrogen-bond acceptors (Lipinski definition) is 7. The Morgan fingerprint density at radius 1 is 0.880 bits per heavy atom. The molecule has 1 aliphatic rings. The minimum absolute atomic E-state index is 0.811. The number of piperazine rings is 1. The Morgan fingerprint density at radius 2 is 1.56 bits per heavy atom. The van der Waals surface area contributed by atoms with E-state index in [0.29, 0.717) is 0 Å². The maximum Gasteiger partial charge on any atom is 0.160 e. The van der Waals surface area contributed by atoms with Gasteiger partial charge in [0.2, 0.25) is 0 Å². The summed E-state index contributed by atoms with van der Waals surface area (Å²) >= 11 is 0. The van der Waals surface area contributed by atoms with Crippen molar-refractivity contribution in [1.29, 1.82) is 0 Å². The molecule has 0 radical (unpaired) electrons. The highest BCUT2D eigenvalue weighted by Gasteiger charge is 2.20. The van der Waals surface area contributed by atoms with Crippen LogP contribution in [0.5, 0.6) is 5.75 Å². The average molecular weight is 336 g/mol. The molecule has 0 spiro atoms. The topological polar surface area (TPSA) is 67.3 Å². The fraction of sp³-hybridized carbons (Fsp3) is 0.333. The van der Waals surface area contributed by atoms with Gasteiger partial charge < -0.3 is 14.5 Å². The Hall–Kier alpha value is -2.80. The highest BCUT2D eigenvalue weighted by Crippen LogP contribution is 2.31. The number of rotatable bonds is 3. The second-order valence-electron chi connectivity index (χ2n) is 6.21. The van der Waals surface area contributed by atoms with Gasteiger partial charge in [-0.3, -0.25) is 0 Å². The SMILES string of the molecule is COc1ccc(-c2nnc(N3CCN(C)CC3)c3cnncc23)cc1. The highest BCUT2D eigenvalue weighted by atomic mass is 16.5. The van der Waals surface area contributed by atoms with E-state index in [9.17, 15) is 0 Å². The van der Waals surface area contributed by atoms with E-state index in [-0.39, 0.29) is 0 Å². The number of methoxy groups -OCH3 is 1. The number of likely N-dealkylation sites (N-methyl/N-ethyl adjacent to an activating group) is 1. The summed E-state index contributed by atoms with van der Waals surface area (Å²) in [6.07, 6.45) is 3.55. The number of hydrogen-bond donors (Lipinski definition) is 0. The Labute approximate surface area is 146 Å². The molecule has 0 bridgehead atoms. The zero-order valence-electron chi connectivity index (χ0n) is 14.4. The van der Waals surface area contributed by atoms with Crippen LogP contribution in [0.2, 0.25) is 0 Å². The Bertz CT molecular complexity index is 874. The lowest BCUT2D eigenvalue weighted by Crippen LogP contribution is -2.45. The van der Waals surface area contributed by atoms with Gasteiger partial charge in [-0.2, -0.15) is 10.2 Å². The minimum atomic E-state index is 0.811. The van der Waals surface area contributed by atoms with Gasteiger partial charge in [-0.1, -0.05) is 0 Å². The van der Waals surface area contributed by atoms with Crippen molar-refractivity contribution < 1.29 is 4.74 Å². The molecule has 4 rings (SSSR count). The first kappa shape index (κ1) is 15.7. The van der Waals surface area contributed by atoms with E-state index in [4.69, 9.17) is 4.74 Å². The maximum atomic E-state index is 5.23. The van der Waals surface area contributed by atoms with E-state index in [0.717, 1.165) is 59.8 Å². The number of anilines is 1. The van der Waals surface area contributed by atoms with Crippen molar-refractivity contribution >= 4 is 16.6 Å². The maximum absolute atomic E-state index is 5.23. The van der Waals surface area contributed by atoms with E-state index in [1.807, 2.05) is 24.3 Å². The standard InChI is InChI=1S/C18H20N6O/c1-23-7-9-24(10-8-23)18-16-12-20-19-11-15(16)17(21-22-18)13-3-5-14(25-2)6-4-13/h3-6,11-12H,7-10H2,1-2H3. The molecule has 0 aliphatic carbocycles. The molecule has 2 aromatic heterocycles. The summed E-state index contributed by atoms with van der Waals surface area (Å²) in [6, 6.07) is 7.81. The van der Waals surface area contributed by atoms with Crippen LogP contribution < -0.4 is 9.64 Å². The predicted molar refractivity (Wildman–Crippen MR) is 96.8 cm³/mol. The molecule has 25 heavy (non-hydrogen) atoms. The van der Waals surface area contributed by atoms with E-state index in [1.54, 1.807) is 19.5 Å². The summed E-state index contributed by atoms with van der Waals surface area (Å²) in [4.78, 5) is 4.59. The molecule has 3 aromatic rings. The van der Waals surface area contributed by atoms with Crippen LogP contribution in [0.4, 0.5) is 5.82 Å². The highest BCUT2D eigenvalue weighted by molar-refractivity contribution is 5.99. The molecule has 1 aromatic carbocycles. The first-order chi connectivity index (χ1) is 12.3. The van der Waals surface area contributed by atoms with E-state index < -0.39 is 0 Å². The van der Waals surface area contributed by atoms with E-state index in [2.05, 4.69) is 37.2 Å². The lowest BCUT2D eigenvalue weighted by Gasteiger charge is -2.33. The number of benzene rings is 1. The van der Waals surface area contributed by atoms with Crippen LogP contribution >= 0.6 is 0 Å². The lowest BCUT2D eigenvalue weighted by atomic mass is 10.1. The van der Waals surface area contributed by atoms with Crippen molar-refractivity contribution in [1.82, 2.24) is 25.3 Å². The fourth-order valence-electron chi connectivity index (χ4n) is 3.11. The molecule has 1 saturated heterocycles. The van der Waals surface area contributed by atoms with Gasteiger partial charge in [-0.05, 0) is 31.3 Å². The third-order valence-electron chi connectivity index (χ3n) is 4.64. The smallest absolute Gasteiger partial charge is 0.160 e. The van der Waals surface area contributed by atoms with Crippen LogP contribution in [0, 0.1) is 0 Å². The molecule has 0 saturated carbocycles. The van der Waals surface area contributed by atoms with Gasteiger partial charge >= 0.3 is 0 Å².